The zero-order valence-corrected chi connectivity index (χ0v) is 13.4. The molecule has 0 radical (unpaired) electrons. The van der Waals surface area contributed by atoms with Gasteiger partial charge in [-0.05, 0) is 30.7 Å². The molecule has 0 atom stereocenters. The largest absolute Gasteiger partial charge is 0.493 e. The first-order chi connectivity index (χ1) is 8.72. The van der Waals surface area contributed by atoms with Crippen molar-refractivity contribution in [3.8, 4) is 11.5 Å². The maximum atomic E-state index is 6.14. The van der Waals surface area contributed by atoms with Gasteiger partial charge in [0.2, 0.25) is 0 Å². The average Bonchev–Trinajstić information content (AvgIpc) is 2.37. The molecule has 0 bridgehead atoms. The Bertz CT molecular complexity index is 373. The molecule has 0 spiro atoms. The molecule has 1 N–H and O–H groups in total. The Kier molecular flexibility index (Phi) is 9.84. The number of rotatable bonds is 8. The lowest BCUT2D eigenvalue weighted by atomic mass is 10.2. The van der Waals surface area contributed by atoms with E-state index >= 15 is 0 Å². The molecule has 0 heterocycles. The van der Waals surface area contributed by atoms with Crippen molar-refractivity contribution in [2.75, 3.05) is 20.8 Å². The zero-order valence-electron chi connectivity index (χ0n) is 11.8. The van der Waals surface area contributed by atoms with E-state index in [9.17, 15) is 0 Å². The molecule has 1 aromatic rings. The lowest BCUT2D eigenvalue weighted by Crippen LogP contribution is -2.14. The van der Waals surface area contributed by atoms with Crippen LogP contribution in [0.25, 0.3) is 0 Å². The van der Waals surface area contributed by atoms with Crippen molar-refractivity contribution >= 4 is 24.0 Å². The first-order valence-corrected chi connectivity index (χ1v) is 6.71. The summed E-state index contributed by atoms with van der Waals surface area (Å²) in [5.41, 5.74) is 1.11. The van der Waals surface area contributed by atoms with E-state index < -0.39 is 0 Å². The van der Waals surface area contributed by atoms with E-state index in [1.165, 1.54) is 19.3 Å². The van der Waals surface area contributed by atoms with Crippen LogP contribution in [0.5, 0.6) is 11.5 Å². The predicted octanol–water partition coefficient (Wildman–Crippen LogP) is 4.06. The minimum Gasteiger partial charge on any atom is -0.493 e. The van der Waals surface area contributed by atoms with Gasteiger partial charge in [0.15, 0.2) is 11.5 Å². The van der Waals surface area contributed by atoms with Gasteiger partial charge < -0.3 is 14.8 Å². The lowest BCUT2D eigenvalue weighted by molar-refractivity contribution is 0.354. The zero-order chi connectivity index (χ0) is 13.4. The highest BCUT2D eigenvalue weighted by Crippen LogP contribution is 2.35. The van der Waals surface area contributed by atoms with Crippen molar-refractivity contribution in [3.63, 3.8) is 0 Å². The fourth-order valence-electron chi connectivity index (χ4n) is 1.81. The van der Waals surface area contributed by atoms with Gasteiger partial charge in [0, 0.05) is 6.54 Å². The minimum atomic E-state index is 0. The molecule has 0 amide bonds. The lowest BCUT2D eigenvalue weighted by Gasteiger charge is -2.12. The second-order valence-electron chi connectivity index (χ2n) is 4.20. The fraction of sp³-hybridized carbons (Fsp3) is 0.571. The molecule has 1 rings (SSSR count). The van der Waals surface area contributed by atoms with Gasteiger partial charge in [-0.25, -0.2) is 0 Å². The summed E-state index contributed by atoms with van der Waals surface area (Å²) in [6.45, 7) is 4.03. The van der Waals surface area contributed by atoms with Crippen molar-refractivity contribution < 1.29 is 9.47 Å². The second kappa shape index (κ2) is 10.2. The fourth-order valence-corrected chi connectivity index (χ4v) is 2.12. The monoisotopic (exact) mass is 307 g/mol. The topological polar surface area (TPSA) is 30.5 Å². The Labute approximate surface area is 127 Å². The molecular weight excluding hydrogens is 285 g/mol. The summed E-state index contributed by atoms with van der Waals surface area (Å²) >= 11 is 6.14. The first-order valence-electron chi connectivity index (χ1n) is 6.34. The summed E-state index contributed by atoms with van der Waals surface area (Å²) in [5.74, 6) is 1.27. The Morgan fingerprint density at radius 3 is 2.47 bits per heavy atom. The van der Waals surface area contributed by atoms with Crippen molar-refractivity contribution in [1.82, 2.24) is 5.32 Å². The molecule has 3 nitrogen and oxygen atoms in total. The average molecular weight is 308 g/mol. The summed E-state index contributed by atoms with van der Waals surface area (Å²) in [4.78, 5) is 0. The van der Waals surface area contributed by atoms with E-state index in [2.05, 4.69) is 12.2 Å². The number of nitrogens with one attached hydrogen (secondary N) is 1. The number of methoxy groups -OCH3 is 2. The molecule has 0 saturated carbocycles. The number of hydrogen-bond acceptors (Lipinski definition) is 3. The Hall–Kier alpha value is -0.640. The van der Waals surface area contributed by atoms with Gasteiger partial charge in [-0.1, -0.05) is 31.4 Å². The van der Waals surface area contributed by atoms with E-state index in [0.29, 0.717) is 16.5 Å². The van der Waals surface area contributed by atoms with Gasteiger partial charge >= 0.3 is 0 Å². The number of halogens is 2. The third-order valence-electron chi connectivity index (χ3n) is 2.78. The maximum Gasteiger partial charge on any atom is 0.179 e. The number of ether oxygens (including phenoxy) is 2. The Morgan fingerprint density at radius 1 is 1.16 bits per heavy atom. The maximum absolute atomic E-state index is 6.14. The van der Waals surface area contributed by atoms with Gasteiger partial charge in [0.1, 0.15) is 0 Å². The smallest absolute Gasteiger partial charge is 0.179 e. The van der Waals surface area contributed by atoms with Crippen LogP contribution in [0.4, 0.5) is 0 Å². The summed E-state index contributed by atoms with van der Waals surface area (Å²) in [5, 5.41) is 3.98. The molecule has 0 aliphatic carbocycles. The molecular formula is C14H23Cl2NO2. The van der Waals surface area contributed by atoms with E-state index in [-0.39, 0.29) is 12.4 Å². The van der Waals surface area contributed by atoms with Crippen LogP contribution in [-0.2, 0) is 6.54 Å². The third-order valence-corrected chi connectivity index (χ3v) is 3.06. The van der Waals surface area contributed by atoms with E-state index in [4.69, 9.17) is 21.1 Å². The van der Waals surface area contributed by atoms with E-state index in [0.717, 1.165) is 18.7 Å². The number of unbranched alkanes of at least 4 members (excludes halogenated alkanes) is 2. The molecule has 5 heteroatoms. The molecule has 0 aromatic heterocycles. The van der Waals surface area contributed by atoms with Crippen LogP contribution in [0.2, 0.25) is 5.02 Å². The summed E-state index contributed by atoms with van der Waals surface area (Å²) < 4.78 is 10.5. The predicted molar refractivity (Wildman–Crippen MR) is 83.0 cm³/mol. The van der Waals surface area contributed by atoms with Crippen LogP contribution in [0.1, 0.15) is 31.7 Å². The van der Waals surface area contributed by atoms with Crippen LogP contribution in [0.3, 0.4) is 0 Å². The standard InChI is InChI=1S/C14H22ClNO2.ClH/c1-4-5-6-7-16-10-11-8-12(15)14(18-3)13(9-11)17-2;/h8-9,16H,4-7,10H2,1-3H3;1H. The first kappa shape index (κ1) is 18.4. The summed E-state index contributed by atoms with van der Waals surface area (Å²) in [7, 11) is 3.21. The van der Waals surface area contributed by atoms with Crippen LogP contribution < -0.4 is 14.8 Å². The highest BCUT2D eigenvalue weighted by molar-refractivity contribution is 6.32. The number of benzene rings is 1. The molecule has 0 unspecified atom stereocenters. The summed E-state index contributed by atoms with van der Waals surface area (Å²) in [6.07, 6.45) is 3.71. The van der Waals surface area contributed by atoms with Crippen molar-refractivity contribution in [1.29, 1.82) is 0 Å². The van der Waals surface area contributed by atoms with Crippen molar-refractivity contribution in [2.45, 2.75) is 32.7 Å². The van der Waals surface area contributed by atoms with Crippen LogP contribution >= 0.6 is 24.0 Å². The second-order valence-corrected chi connectivity index (χ2v) is 4.60. The Balaban J connectivity index is 0.00000324. The summed E-state index contributed by atoms with van der Waals surface area (Å²) in [6, 6.07) is 3.87. The molecule has 0 aliphatic heterocycles. The van der Waals surface area contributed by atoms with Gasteiger partial charge in [-0.2, -0.15) is 0 Å². The van der Waals surface area contributed by atoms with Crippen molar-refractivity contribution in [2.24, 2.45) is 0 Å². The molecule has 0 fully saturated rings. The molecule has 0 aliphatic rings. The highest BCUT2D eigenvalue weighted by Gasteiger charge is 2.10. The quantitative estimate of drug-likeness (QED) is 0.735. The molecule has 1 aromatic carbocycles. The van der Waals surface area contributed by atoms with E-state index in [1.807, 2.05) is 12.1 Å². The van der Waals surface area contributed by atoms with E-state index in [1.54, 1.807) is 14.2 Å². The third kappa shape index (κ3) is 5.89. The van der Waals surface area contributed by atoms with Gasteiger partial charge in [0.05, 0.1) is 19.2 Å². The Morgan fingerprint density at radius 2 is 1.89 bits per heavy atom. The number of hydrogen-bond donors (Lipinski definition) is 1. The minimum absolute atomic E-state index is 0. The molecule has 0 saturated heterocycles. The molecule has 19 heavy (non-hydrogen) atoms. The van der Waals surface area contributed by atoms with Gasteiger partial charge in [0.25, 0.3) is 0 Å². The SMILES string of the molecule is CCCCCNCc1cc(Cl)c(OC)c(OC)c1.Cl. The van der Waals surface area contributed by atoms with Crippen LogP contribution in [0.15, 0.2) is 12.1 Å². The normalized spacial score (nSPS) is 9.89. The van der Waals surface area contributed by atoms with Gasteiger partial charge in [-0.3, -0.25) is 0 Å². The van der Waals surface area contributed by atoms with Crippen molar-refractivity contribution in [3.05, 3.63) is 22.7 Å². The highest BCUT2D eigenvalue weighted by atomic mass is 35.5. The van der Waals surface area contributed by atoms with Crippen LogP contribution in [0, 0.1) is 0 Å². The van der Waals surface area contributed by atoms with Crippen LogP contribution in [-0.4, -0.2) is 20.8 Å². The molecule has 110 valence electrons. The van der Waals surface area contributed by atoms with Gasteiger partial charge in [-0.15, -0.1) is 12.4 Å².